The van der Waals surface area contributed by atoms with Gasteiger partial charge in [-0.05, 0) is 19.8 Å². The molecule has 0 aliphatic rings. The number of rotatable bonds is 7. The summed E-state index contributed by atoms with van der Waals surface area (Å²) < 4.78 is 6.54. The largest absolute Gasteiger partial charge is 0.468 e. The number of ether oxygens (including phenoxy) is 1. The second-order valence-corrected chi connectivity index (χ2v) is 5.50. The van der Waals surface area contributed by atoms with Gasteiger partial charge in [0.05, 0.1) is 7.11 Å². The fourth-order valence-electron chi connectivity index (χ4n) is 1.50. The van der Waals surface area contributed by atoms with E-state index in [1.165, 1.54) is 7.11 Å². The molecule has 1 rings (SSSR count). The van der Waals surface area contributed by atoms with Gasteiger partial charge in [0, 0.05) is 12.8 Å². The Morgan fingerprint density at radius 2 is 2.33 bits per heavy atom. The van der Waals surface area contributed by atoms with Crippen molar-refractivity contribution in [3.05, 3.63) is 6.33 Å². The number of unbranched alkanes of at least 4 members (excludes halogenated alkanes) is 1. The van der Waals surface area contributed by atoms with Gasteiger partial charge in [-0.1, -0.05) is 18.2 Å². The van der Waals surface area contributed by atoms with E-state index in [1.807, 2.05) is 11.6 Å². The lowest BCUT2D eigenvalue weighted by molar-refractivity contribution is -0.146. The van der Waals surface area contributed by atoms with Gasteiger partial charge in [-0.15, -0.1) is 10.2 Å². The quantitative estimate of drug-likeness (QED) is 0.452. The number of aromatic nitrogens is 3. The molecule has 1 unspecified atom stereocenters. The summed E-state index contributed by atoms with van der Waals surface area (Å²) in [5.74, 6) is 0.576. The second kappa shape index (κ2) is 6.75. The highest BCUT2D eigenvalue weighted by Gasteiger charge is 2.28. The molecule has 0 amide bonds. The van der Waals surface area contributed by atoms with E-state index < -0.39 is 5.54 Å². The van der Waals surface area contributed by atoms with E-state index in [0.29, 0.717) is 6.42 Å². The van der Waals surface area contributed by atoms with Gasteiger partial charge in [0.2, 0.25) is 0 Å². The number of thioether (sulfide) groups is 1. The number of hydrogen-bond acceptors (Lipinski definition) is 6. The maximum atomic E-state index is 11.4. The molecular formula is C11H20N4O2S. The average molecular weight is 272 g/mol. The van der Waals surface area contributed by atoms with Gasteiger partial charge in [0.1, 0.15) is 11.9 Å². The van der Waals surface area contributed by atoms with Crippen molar-refractivity contribution in [1.82, 2.24) is 14.8 Å². The normalized spacial score (nSPS) is 14.2. The molecule has 0 spiro atoms. The summed E-state index contributed by atoms with van der Waals surface area (Å²) in [6.07, 6.45) is 4.16. The molecule has 1 atom stereocenters. The van der Waals surface area contributed by atoms with Gasteiger partial charge in [-0.25, -0.2) is 0 Å². The zero-order chi connectivity index (χ0) is 13.6. The molecule has 0 bridgehead atoms. The Morgan fingerprint density at radius 1 is 1.61 bits per heavy atom. The molecule has 0 fully saturated rings. The highest BCUT2D eigenvalue weighted by molar-refractivity contribution is 7.99. The summed E-state index contributed by atoms with van der Waals surface area (Å²) in [6.45, 7) is 1.70. The zero-order valence-electron chi connectivity index (χ0n) is 11.0. The van der Waals surface area contributed by atoms with Crippen LogP contribution in [0.1, 0.15) is 26.2 Å². The zero-order valence-corrected chi connectivity index (χ0v) is 11.9. The third kappa shape index (κ3) is 4.30. The number of hydrogen-bond donors (Lipinski definition) is 1. The van der Waals surface area contributed by atoms with Crippen molar-refractivity contribution < 1.29 is 9.53 Å². The van der Waals surface area contributed by atoms with Crippen LogP contribution in [0.4, 0.5) is 0 Å². The van der Waals surface area contributed by atoms with Crippen LogP contribution in [0.3, 0.4) is 0 Å². The van der Waals surface area contributed by atoms with Crippen LogP contribution in [0.5, 0.6) is 0 Å². The number of methoxy groups -OCH3 is 1. The second-order valence-electron chi connectivity index (χ2n) is 4.44. The molecule has 102 valence electrons. The van der Waals surface area contributed by atoms with Crippen molar-refractivity contribution in [3.63, 3.8) is 0 Å². The van der Waals surface area contributed by atoms with Gasteiger partial charge >= 0.3 is 5.97 Å². The smallest absolute Gasteiger partial charge is 0.325 e. The molecule has 0 aliphatic heterocycles. The van der Waals surface area contributed by atoms with E-state index in [9.17, 15) is 4.79 Å². The van der Waals surface area contributed by atoms with Crippen molar-refractivity contribution in [2.24, 2.45) is 12.8 Å². The van der Waals surface area contributed by atoms with E-state index in [4.69, 9.17) is 5.73 Å². The first-order chi connectivity index (χ1) is 8.47. The molecule has 1 heterocycles. The first-order valence-electron chi connectivity index (χ1n) is 5.81. The summed E-state index contributed by atoms with van der Waals surface area (Å²) in [6, 6.07) is 0. The molecule has 0 saturated carbocycles. The summed E-state index contributed by atoms with van der Waals surface area (Å²) >= 11 is 1.65. The van der Waals surface area contributed by atoms with Crippen LogP contribution in [0.15, 0.2) is 11.5 Å². The van der Waals surface area contributed by atoms with E-state index >= 15 is 0 Å². The van der Waals surface area contributed by atoms with Crippen LogP contribution >= 0.6 is 11.8 Å². The van der Waals surface area contributed by atoms with Gasteiger partial charge in [0.25, 0.3) is 0 Å². The standard InChI is InChI=1S/C11H20N4O2S/c1-11(12,9(16)17-3)6-4-5-7-18-10-14-13-8-15(10)2/h8H,4-7,12H2,1-3H3. The van der Waals surface area contributed by atoms with Crippen molar-refractivity contribution >= 4 is 17.7 Å². The lowest BCUT2D eigenvalue weighted by atomic mass is 9.97. The monoisotopic (exact) mass is 272 g/mol. The molecular weight excluding hydrogens is 252 g/mol. The molecule has 1 aromatic rings. The maximum absolute atomic E-state index is 11.4. The van der Waals surface area contributed by atoms with E-state index in [2.05, 4.69) is 14.9 Å². The summed E-state index contributed by atoms with van der Waals surface area (Å²) in [7, 11) is 3.27. The minimum absolute atomic E-state index is 0.358. The predicted molar refractivity (Wildman–Crippen MR) is 70.2 cm³/mol. The average Bonchev–Trinajstić information content (AvgIpc) is 2.73. The Labute approximate surface area is 111 Å². The van der Waals surface area contributed by atoms with Gasteiger partial charge in [-0.3, -0.25) is 4.79 Å². The molecule has 0 radical (unpaired) electrons. The Balaban J connectivity index is 2.19. The Bertz CT molecular complexity index is 392. The molecule has 6 nitrogen and oxygen atoms in total. The first kappa shape index (κ1) is 15.0. The van der Waals surface area contributed by atoms with Crippen LogP contribution in [0.2, 0.25) is 0 Å². The van der Waals surface area contributed by atoms with Crippen molar-refractivity contribution in [2.45, 2.75) is 36.9 Å². The number of nitrogens with zero attached hydrogens (tertiary/aromatic N) is 3. The van der Waals surface area contributed by atoms with Crippen LogP contribution in [0, 0.1) is 0 Å². The van der Waals surface area contributed by atoms with Crippen LogP contribution in [-0.4, -0.2) is 39.1 Å². The fourth-order valence-corrected chi connectivity index (χ4v) is 2.38. The molecule has 1 aromatic heterocycles. The third-order valence-corrected chi connectivity index (χ3v) is 3.76. The number of carbonyl (C=O) groups is 1. The van der Waals surface area contributed by atoms with E-state index in [-0.39, 0.29) is 5.97 Å². The van der Waals surface area contributed by atoms with Crippen LogP contribution in [0.25, 0.3) is 0 Å². The van der Waals surface area contributed by atoms with Gasteiger partial charge in [-0.2, -0.15) is 0 Å². The minimum Gasteiger partial charge on any atom is -0.468 e. The van der Waals surface area contributed by atoms with Gasteiger partial charge < -0.3 is 15.0 Å². The molecule has 7 heteroatoms. The number of nitrogens with two attached hydrogens (primary N) is 1. The topological polar surface area (TPSA) is 83.0 Å². The molecule has 0 saturated heterocycles. The van der Waals surface area contributed by atoms with Crippen molar-refractivity contribution in [3.8, 4) is 0 Å². The van der Waals surface area contributed by atoms with E-state index in [1.54, 1.807) is 25.0 Å². The highest BCUT2D eigenvalue weighted by Crippen LogP contribution is 2.18. The molecule has 18 heavy (non-hydrogen) atoms. The third-order valence-electron chi connectivity index (χ3n) is 2.64. The summed E-state index contributed by atoms with van der Waals surface area (Å²) in [5, 5.41) is 8.69. The molecule has 0 aromatic carbocycles. The van der Waals surface area contributed by atoms with Crippen molar-refractivity contribution in [1.29, 1.82) is 0 Å². The van der Waals surface area contributed by atoms with E-state index in [0.717, 1.165) is 23.8 Å². The lowest BCUT2D eigenvalue weighted by Gasteiger charge is -2.20. The van der Waals surface area contributed by atoms with Crippen LogP contribution < -0.4 is 5.73 Å². The lowest BCUT2D eigenvalue weighted by Crippen LogP contribution is -2.45. The number of carbonyl (C=O) groups excluding carboxylic acids is 1. The number of esters is 1. The molecule has 2 N–H and O–H groups in total. The SMILES string of the molecule is COC(=O)C(C)(N)CCCCSc1nncn1C. The minimum atomic E-state index is -0.885. The fraction of sp³-hybridized carbons (Fsp3) is 0.727. The van der Waals surface area contributed by atoms with Crippen molar-refractivity contribution in [2.75, 3.05) is 12.9 Å². The Morgan fingerprint density at radius 3 is 2.89 bits per heavy atom. The predicted octanol–water partition coefficient (Wildman–Crippen LogP) is 0.968. The maximum Gasteiger partial charge on any atom is 0.325 e. The first-order valence-corrected chi connectivity index (χ1v) is 6.80. The van der Waals surface area contributed by atoms with Gasteiger partial charge in [0.15, 0.2) is 5.16 Å². The van der Waals surface area contributed by atoms with Crippen LogP contribution in [-0.2, 0) is 16.6 Å². The summed E-state index contributed by atoms with van der Waals surface area (Å²) in [5.41, 5.74) is 4.98. The highest BCUT2D eigenvalue weighted by atomic mass is 32.2. The molecule has 0 aliphatic carbocycles. The summed E-state index contributed by atoms with van der Waals surface area (Å²) in [4.78, 5) is 11.4. The Hall–Kier alpha value is -1.08. The number of aryl methyl sites for hydroxylation is 1. The Kier molecular flexibility index (Phi) is 5.61.